The molecule has 11 heteroatoms. The summed E-state index contributed by atoms with van der Waals surface area (Å²) in [5.74, 6) is 2.03. The summed E-state index contributed by atoms with van der Waals surface area (Å²) in [7, 11) is 1.65. The first-order chi connectivity index (χ1) is 20.4. The van der Waals surface area contributed by atoms with Crippen molar-refractivity contribution < 1.29 is 23.9 Å². The van der Waals surface area contributed by atoms with E-state index in [1.54, 1.807) is 30.7 Å². The number of nitrogens with zero attached hydrogens (tertiary/aromatic N) is 5. The zero-order chi connectivity index (χ0) is 29.9. The molecule has 0 radical (unpaired) electrons. The maximum Gasteiger partial charge on any atom is 0.306 e. The molecule has 0 bridgehead atoms. The van der Waals surface area contributed by atoms with Crippen LogP contribution in [0.1, 0.15) is 46.0 Å². The zero-order valence-corrected chi connectivity index (χ0v) is 25.3. The number of ether oxygens (including phenoxy) is 2. The number of hydrogen-bond donors (Lipinski definition) is 0. The number of amides is 2. The molecule has 1 atom stereocenters. The molecule has 42 heavy (non-hydrogen) atoms. The molecule has 1 aliphatic heterocycles. The second kappa shape index (κ2) is 15.4. The van der Waals surface area contributed by atoms with Crippen molar-refractivity contribution in [2.24, 2.45) is 0 Å². The lowest BCUT2D eigenvalue weighted by molar-refractivity contribution is -0.147. The smallest absolute Gasteiger partial charge is 0.306 e. The van der Waals surface area contributed by atoms with Gasteiger partial charge in [-0.3, -0.25) is 19.0 Å². The predicted molar refractivity (Wildman–Crippen MR) is 162 cm³/mol. The number of carbonyl (C=O) groups is 3. The van der Waals surface area contributed by atoms with Crippen LogP contribution in [-0.2, 0) is 19.1 Å². The third-order valence-corrected chi connectivity index (χ3v) is 8.18. The Hall–Kier alpha value is -3.86. The number of benzene rings is 2. The molecule has 0 N–H and O–H groups in total. The quantitative estimate of drug-likeness (QED) is 0.161. The van der Waals surface area contributed by atoms with Gasteiger partial charge < -0.3 is 19.3 Å². The number of carbonyl (C=O) groups excluding carboxylic acids is 3. The van der Waals surface area contributed by atoms with E-state index in [1.165, 1.54) is 0 Å². The van der Waals surface area contributed by atoms with E-state index in [1.807, 2.05) is 66.4 Å². The number of thioether (sulfide) groups is 1. The molecule has 1 saturated heterocycles. The lowest BCUT2D eigenvalue weighted by Crippen LogP contribution is -2.55. The minimum absolute atomic E-state index is 0.0717. The number of hydrogen-bond acceptors (Lipinski definition) is 8. The van der Waals surface area contributed by atoms with Crippen LogP contribution in [-0.4, -0.2) is 87.5 Å². The van der Waals surface area contributed by atoms with E-state index in [4.69, 9.17) is 9.47 Å². The zero-order valence-electron chi connectivity index (χ0n) is 24.5. The summed E-state index contributed by atoms with van der Waals surface area (Å²) in [6, 6.07) is 17.7. The van der Waals surface area contributed by atoms with Crippen LogP contribution in [0.4, 0.5) is 0 Å². The molecule has 0 saturated carbocycles. The van der Waals surface area contributed by atoms with Gasteiger partial charge in [-0.15, -0.1) is 10.2 Å². The van der Waals surface area contributed by atoms with E-state index in [-0.39, 0.29) is 36.7 Å². The summed E-state index contributed by atoms with van der Waals surface area (Å²) in [5.41, 5.74) is 1.93. The van der Waals surface area contributed by atoms with Gasteiger partial charge in [-0.2, -0.15) is 0 Å². The maximum atomic E-state index is 12.9. The minimum Gasteiger partial charge on any atom is -0.497 e. The Morgan fingerprint density at radius 2 is 1.69 bits per heavy atom. The monoisotopic (exact) mass is 593 g/mol. The van der Waals surface area contributed by atoms with Crippen LogP contribution in [0.2, 0.25) is 0 Å². The first kappa shape index (κ1) is 31.1. The Bertz CT molecular complexity index is 1330. The van der Waals surface area contributed by atoms with Crippen LogP contribution in [0.15, 0.2) is 59.8 Å². The van der Waals surface area contributed by atoms with Crippen molar-refractivity contribution in [2.75, 3.05) is 39.1 Å². The number of piperazine rings is 1. The van der Waals surface area contributed by atoms with Crippen LogP contribution in [0, 0.1) is 0 Å². The number of unbranched alkanes of at least 4 members (excludes halogenated alkanes) is 1. The van der Waals surface area contributed by atoms with E-state index in [2.05, 4.69) is 14.8 Å². The number of methoxy groups -OCH3 is 1. The molecule has 2 heterocycles. The maximum absolute atomic E-state index is 12.9. The van der Waals surface area contributed by atoms with Crippen molar-refractivity contribution in [3.8, 4) is 22.8 Å². The van der Waals surface area contributed by atoms with E-state index in [9.17, 15) is 14.4 Å². The summed E-state index contributed by atoms with van der Waals surface area (Å²) in [6.07, 6.45) is 2.30. The largest absolute Gasteiger partial charge is 0.497 e. The molecule has 0 aliphatic carbocycles. The lowest BCUT2D eigenvalue weighted by Gasteiger charge is -2.40. The van der Waals surface area contributed by atoms with Gasteiger partial charge in [0.15, 0.2) is 11.0 Å². The van der Waals surface area contributed by atoms with Crippen molar-refractivity contribution in [1.29, 1.82) is 0 Å². The lowest BCUT2D eigenvalue weighted by atomic mass is 10.1. The average Bonchev–Trinajstić information content (AvgIpc) is 3.44. The Balaban J connectivity index is 1.26. The van der Waals surface area contributed by atoms with Gasteiger partial charge in [0.1, 0.15) is 5.75 Å². The van der Waals surface area contributed by atoms with Gasteiger partial charge in [0.2, 0.25) is 11.8 Å². The van der Waals surface area contributed by atoms with Gasteiger partial charge in [0.05, 0.1) is 20.1 Å². The summed E-state index contributed by atoms with van der Waals surface area (Å²) < 4.78 is 12.3. The van der Waals surface area contributed by atoms with Gasteiger partial charge in [-0.25, -0.2) is 0 Å². The normalized spacial score (nSPS) is 15.0. The predicted octanol–water partition coefficient (Wildman–Crippen LogP) is 4.61. The molecule has 1 aromatic heterocycles. The van der Waals surface area contributed by atoms with Gasteiger partial charge >= 0.3 is 5.97 Å². The second-order valence-corrected chi connectivity index (χ2v) is 11.2. The highest BCUT2D eigenvalue weighted by atomic mass is 32.2. The van der Waals surface area contributed by atoms with Crippen molar-refractivity contribution >= 4 is 29.5 Å². The summed E-state index contributed by atoms with van der Waals surface area (Å²) >= 11 is 1.62. The van der Waals surface area contributed by atoms with Crippen molar-refractivity contribution in [3.05, 3.63) is 54.6 Å². The fraction of sp³-hybridized carbons (Fsp3) is 0.452. The topological polar surface area (TPSA) is 107 Å². The SMILES string of the molecule is CCOC(=O)CCC(=O)N1CCN(C(=O)CCCCSc2nnc(-c3ccccc3)n2-c2ccc(OC)cc2)CC1C. The summed E-state index contributed by atoms with van der Waals surface area (Å²) in [4.78, 5) is 40.7. The Morgan fingerprint density at radius 3 is 2.38 bits per heavy atom. The van der Waals surface area contributed by atoms with Crippen molar-refractivity contribution in [2.45, 2.75) is 57.1 Å². The molecular formula is C31H39N5O5S. The first-order valence-corrected chi connectivity index (χ1v) is 15.4. The molecule has 0 spiro atoms. The first-order valence-electron chi connectivity index (χ1n) is 14.4. The second-order valence-electron chi connectivity index (χ2n) is 10.1. The van der Waals surface area contributed by atoms with Crippen LogP contribution in [0.25, 0.3) is 17.1 Å². The minimum atomic E-state index is -0.358. The van der Waals surface area contributed by atoms with Crippen molar-refractivity contribution in [1.82, 2.24) is 24.6 Å². The average molecular weight is 594 g/mol. The molecular weight excluding hydrogens is 554 g/mol. The Labute approximate surface area is 251 Å². The third-order valence-electron chi connectivity index (χ3n) is 7.16. The van der Waals surface area contributed by atoms with E-state index in [0.717, 1.165) is 46.6 Å². The van der Waals surface area contributed by atoms with Gasteiger partial charge in [-0.1, -0.05) is 42.1 Å². The third kappa shape index (κ3) is 8.12. The standard InChI is InChI=1S/C31H39N5O5S/c1-4-41-29(39)18-17-28(38)35-20-19-34(22-23(35)2)27(37)12-8-9-21-42-31-33-32-30(24-10-6-5-7-11-24)36(31)25-13-15-26(40-3)16-14-25/h5-7,10-11,13-16,23H,4,8-9,12,17-22H2,1-3H3. The van der Waals surface area contributed by atoms with Crippen LogP contribution >= 0.6 is 11.8 Å². The molecule has 1 fully saturated rings. The highest BCUT2D eigenvalue weighted by molar-refractivity contribution is 7.99. The Kier molecular flexibility index (Phi) is 11.4. The van der Waals surface area contributed by atoms with E-state index >= 15 is 0 Å². The molecule has 4 rings (SSSR count). The van der Waals surface area contributed by atoms with Gasteiger partial charge in [-0.05, 0) is 51.0 Å². The van der Waals surface area contributed by atoms with Crippen LogP contribution in [0.3, 0.4) is 0 Å². The molecule has 2 aromatic carbocycles. The Morgan fingerprint density at radius 1 is 0.929 bits per heavy atom. The number of esters is 1. The molecule has 2 amide bonds. The molecule has 1 unspecified atom stereocenters. The molecule has 224 valence electrons. The highest BCUT2D eigenvalue weighted by Crippen LogP contribution is 2.29. The van der Waals surface area contributed by atoms with Crippen molar-refractivity contribution in [3.63, 3.8) is 0 Å². The molecule has 3 aromatic rings. The molecule has 10 nitrogen and oxygen atoms in total. The van der Waals surface area contributed by atoms with Crippen LogP contribution in [0.5, 0.6) is 5.75 Å². The van der Waals surface area contributed by atoms with Gasteiger partial charge in [0, 0.05) is 55.5 Å². The summed E-state index contributed by atoms with van der Waals surface area (Å²) in [6.45, 7) is 5.50. The number of rotatable bonds is 13. The fourth-order valence-corrected chi connectivity index (χ4v) is 5.89. The number of aromatic nitrogens is 3. The molecule has 1 aliphatic rings. The fourth-order valence-electron chi connectivity index (χ4n) is 4.94. The van der Waals surface area contributed by atoms with E-state index in [0.29, 0.717) is 32.7 Å². The van der Waals surface area contributed by atoms with E-state index < -0.39 is 0 Å². The highest BCUT2D eigenvalue weighted by Gasteiger charge is 2.29. The van der Waals surface area contributed by atoms with Gasteiger partial charge in [0.25, 0.3) is 0 Å². The summed E-state index contributed by atoms with van der Waals surface area (Å²) in [5, 5.41) is 9.78. The van der Waals surface area contributed by atoms with Crippen LogP contribution < -0.4 is 4.74 Å².